The highest BCUT2D eigenvalue weighted by Crippen LogP contribution is 2.20. The number of benzene rings is 1. The Morgan fingerprint density at radius 2 is 1.92 bits per heavy atom. The van der Waals surface area contributed by atoms with Gasteiger partial charge in [0.15, 0.2) is 0 Å². The second-order valence-electron chi connectivity index (χ2n) is 6.76. The minimum atomic E-state index is -1.10. The molecule has 1 atom stereocenters. The molecule has 1 aromatic rings. The molecule has 130 valence electrons. The summed E-state index contributed by atoms with van der Waals surface area (Å²) >= 11 is 0. The van der Waals surface area contributed by atoms with Crippen LogP contribution in [0.4, 0.5) is 4.79 Å². The molecular weight excluding hydrogens is 312 g/mol. The molecular formula is C17H22N2O5. The number of ether oxygens (including phenoxy) is 1. The van der Waals surface area contributed by atoms with Crippen LogP contribution in [0.3, 0.4) is 0 Å². The van der Waals surface area contributed by atoms with E-state index < -0.39 is 36.2 Å². The summed E-state index contributed by atoms with van der Waals surface area (Å²) in [6, 6.07) is 6.55. The van der Waals surface area contributed by atoms with Gasteiger partial charge in [0.1, 0.15) is 18.2 Å². The van der Waals surface area contributed by atoms with Crippen molar-refractivity contribution in [2.24, 2.45) is 0 Å². The monoisotopic (exact) mass is 334 g/mol. The lowest BCUT2D eigenvalue weighted by Gasteiger charge is -2.25. The first-order valence-electron chi connectivity index (χ1n) is 7.72. The molecule has 7 nitrogen and oxygen atoms in total. The first-order chi connectivity index (χ1) is 11.2. The van der Waals surface area contributed by atoms with Crippen molar-refractivity contribution in [1.29, 1.82) is 0 Å². The average Bonchev–Trinajstić information content (AvgIpc) is 2.55. The molecule has 1 aliphatic heterocycles. The molecule has 1 aliphatic rings. The summed E-state index contributed by atoms with van der Waals surface area (Å²) in [5, 5.41) is 11.6. The first kappa shape index (κ1) is 17.8. The summed E-state index contributed by atoms with van der Waals surface area (Å²) in [7, 11) is 0. The molecule has 2 N–H and O–H groups in total. The van der Waals surface area contributed by atoms with E-state index in [1.54, 1.807) is 20.8 Å². The third-order valence-electron chi connectivity index (χ3n) is 3.53. The number of carboxylic acids is 1. The first-order valence-corrected chi connectivity index (χ1v) is 7.72. The molecule has 0 unspecified atom stereocenters. The van der Waals surface area contributed by atoms with E-state index in [1.807, 2.05) is 24.3 Å². The number of alkyl carbamates (subject to hydrolysis) is 1. The zero-order valence-corrected chi connectivity index (χ0v) is 14.0. The number of carbonyl (C=O) groups is 3. The predicted molar refractivity (Wildman–Crippen MR) is 86.4 cm³/mol. The molecule has 0 fully saturated rings. The summed E-state index contributed by atoms with van der Waals surface area (Å²) in [6.45, 7) is 4.97. The van der Waals surface area contributed by atoms with Gasteiger partial charge in [0.2, 0.25) is 5.91 Å². The zero-order valence-electron chi connectivity index (χ0n) is 14.0. The average molecular weight is 334 g/mol. The SMILES string of the molecule is CC(C)(C)OC(=O)N[C@H]1Cc2ccccc2CN(CC(=O)O)C1=O. The van der Waals surface area contributed by atoms with Gasteiger partial charge in [-0.25, -0.2) is 4.79 Å². The lowest BCUT2D eigenvalue weighted by molar-refractivity contribution is -0.145. The highest BCUT2D eigenvalue weighted by molar-refractivity contribution is 5.89. The second-order valence-corrected chi connectivity index (χ2v) is 6.76. The Morgan fingerprint density at radius 1 is 1.29 bits per heavy atom. The van der Waals surface area contributed by atoms with Crippen LogP contribution in [0.15, 0.2) is 24.3 Å². The van der Waals surface area contributed by atoms with Crippen molar-refractivity contribution in [2.45, 2.75) is 45.4 Å². The van der Waals surface area contributed by atoms with Gasteiger partial charge in [-0.1, -0.05) is 24.3 Å². The van der Waals surface area contributed by atoms with Crippen LogP contribution < -0.4 is 5.32 Å². The molecule has 0 spiro atoms. The molecule has 0 radical (unpaired) electrons. The number of hydrogen-bond acceptors (Lipinski definition) is 4. The molecule has 0 saturated heterocycles. The van der Waals surface area contributed by atoms with Crippen LogP contribution in [0.1, 0.15) is 31.9 Å². The number of hydrogen-bond donors (Lipinski definition) is 2. The van der Waals surface area contributed by atoms with E-state index in [-0.39, 0.29) is 6.54 Å². The Hall–Kier alpha value is -2.57. The van der Waals surface area contributed by atoms with Gasteiger partial charge < -0.3 is 20.1 Å². The quantitative estimate of drug-likeness (QED) is 0.874. The molecule has 24 heavy (non-hydrogen) atoms. The molecule has 2 amide bonds. The van der Waals surface area contributed by atoms with Crippen LogP contribution in [0.2, 0.25) is 0 Å². The molecule has 0 saturated carbocycles. The Balaban J connectivity index is 2.24. The van der Waals surface area contributed by atoms with E-state index in [4.69, 9.17) is 9.84 Å². The fourth-order valence-corrected chi connectivity index (χ4v) is 2.58. The van der Waals surface area contributed by atoms with Gasteiger partial charge in [0, 0.05) is 13.0 Å². The lowest BCUT2D eigenvalue weighted by Crippen LogP contribution is -2.50. The fraction of sp³-hybridized carbons (Fsp3) is 0.471. The molecule has 0 aromatic heterocycles. The van der Waals surface area contributed by atoms with Gasteiger partial charge in [-0.15, -0.1) is 0 Å². The van der Waals surface area contributed by atoms with Crippen molar-refractivity contribution >= 4 is 18.0 Å². The van der Waals surface area contributed by atoms with Gasteiger partial charge in [-0.3, -0.25) is 9.59 Å². The molecule has 1 aromatic carbocycles. The molecule has 7 heteroatoms. The van der Waals surface area contributed by atoms with Crippen LogP contribution in [0, 0.1) is 0 Å². The number of carboxylic acid groups (broad SMARTS) is 1. The van der Waals surface area contributed by atoms with Crippen LogP contribution in [0.5, 0.6) is 0 Å². The maximum Gasteiger partial charge on any atom is 0.408 e. The topological polar surface area (TPSA) is 95.9 Å². The fourth-order valence-electron chi connectivity index (χ4n) is 2.58. The summed E-state index contributed by atoms with van der Waals surface area (Å²) < 4.78 is 5.20. The van der Waals surface area contributed by atoms with Crippen molar-refractivity contribution in [3.05, 3.63) is 35.4 Å². The smallest absolute Gasteiger partial charge is 0.408 e. The van der Waals surface area contributed by atoms with E-state index in [0.717, 1.165) is 11.1 Å². The maximum atomic E-state index is 12.6. The standard InChI is InChI=1S/C17H22N2O5/c1-17(2,3)24-16(23)18-13-8-11-6-4-5-7-12(11)9-19(15(13)22)10-14(20)21/h4-7,13H,8-10H2,1-3H3,(H,18,23)(H,20,21)/t13-/m0/s1. The van der Waals surface area contributed by atoms with E-state index in [1.165, 1.54) is 4.90 Å². The van der Waals surface area contributed by atoms with E-state index in [0.29, 0.717) is 6.42 Å². The summed E-state index contributed by atoms with van der Waals surface area (Å²) in [5.41, 5.74) is 1.09. The number of carbonyl (C=O) groups excluding carboxylic acids is 2. The van der Waals surface area contributed by atoms with Crippen molar-refractivity contribution in [1.82, 2.24) is 10.2 Å². The highest BCUT2D eigenvalue weighted by atomic mass is 16.6. The number of amides is 2. The Labute approximate surface area is 140 Å². The molecule has 0 bridgehead atoms. The zero-order chi connectivity index (χ0) is 17.9. The molecule has 0 aliphatic carbocycles. The highest BCUT2D eigenvalue weighted by Gasteiger charge is 2.32. The predicted octanol–water partition coefficient (Wildman–Crippen LogP) is 1.55. The van der Waals surface area contributed by atoms with Crippen LogP contribution in [-0.2, 0) is 27.3 Å². The minimum absolute atomic E-state index is 0.202. The number of nitrogens with one attached hydrogen (secondary N) is 1. The third-order valence-corrected chi connectivity index (χ3v) is 3.53. The number of fused-ring (bicyclic) bond motifs is 1. The lowest BCUT2D eigenvalue weighted by atomic mass is 10.0. The number of nitrogens with zero attached hydrogens (tertiary/aromatic N) is 1. The van der Waals surface area contributed by atoms with E-state index >= 15 is 0 Å². The van der Waals surface area contributed by atoms with Crippen LogP contribution in [-0.4, -0.2) is 46.2 Å². The summed E-state index contributed by atoms with van der Waals surface area (Å²) in [6.07, 6.45) is -0.403. The van der Waals surface area contributed by atoms with E-state index in [2.05, 4.69) is 5.32 Å². The third kappa shape index (κ3) is 4.71. The maximum absolute atomic E-state index is 12.6. The van der Waals surface area contributed by atoms with Gasteiger partial charge in [0.05, 0.1) is 0 Å². The Kier molecular flexibility index (Phi) is 5.11. The second kappa shape index (κ2) is 6.90. The molecule has 2 rings (SSSR count). The minimum Gasteiger partial charge on any atom is -0.480 e. The Bertz CT molecular complexity index is 651. The van der Waals surface area contributed by atoms with Crippen LogP contribution >= 0.6 is 0 Å². The number of rotatable bonds is 3. The number of aliphatic carboxylic acids is 1. The molecule has 1 heterocycles. The van der Waals surface area contributed by atoms with Gasteiger partial charge in [0.25, 0.3) is 0 Å². The van der Waals surface area contributed by atoms with Crippen molar-refractivity contribution < 1.29 is 24.2 Å². The van der Waals surface area contributed by atoms with Gasteiger partial charge >= 0.3 is 12.1 Å². The van der Waals surface area contributed by atoms with Crippen LogP contribution in [0.25, 0.3) is 0 Å². The Morgan fingerprint density at radius 3 is 2.50 bits per heavy atom. The van der Waals surface area contributed by atoms with Crippen molar-refractivity contribution in [3.63, 3.8) is 0 Å². The van der Waals surface area contributed by atoms with Gasteiger partial charge in [-0.2, -0.15) is 0 Å². The summed E-state index contributed by atoms with van der Waals surface area (Å²) in [4.78, 5) is 36.9. The van der Waals surface area contributed by atoms with Gasteiger partial charge in [-0.05, 0) is 31.9 Å². The summed E-state index contributed by atoms with van der Waals surface area (Å²) in [5.74, 6) is -1.53. The van der Waals surface area contributed by atoms with Crippen molar-refractivity contribution in [2.75, 3.05) is 6.54 Å². The normalized spacial score (nSPS) is 17.7. The van der Waals surface area contributed by atoms with Crippen molar-refractivity contribution in [3.8, 4) is 0 Å². The van der Waals surface area contributed by atoms with E-state index in [9.17, 15) is 14.4 Å². The largest absolute Gasteiger partial charge is 0.480 e.